The van der Waals surface area contributed by atoms with Crippen LogP contribution in [-0.2, 0) is 0 Å². The van der Waals surface area contributed by atoms with Crippen LogP contribution in [0, 0.1) is 41.2 Å². The molecule has 0 fully saturated rings. The predicted octanol–water partition coefficient (Wildman–Crippen LogP) is 5.42. The zero-order valence-corrected chi connectivity index (χ0v) is 19.6. The maximum absolute atomic E-state index is 15.6. The summed E-state index contributed by atoms with van der Waals surface area (Å²) in [6, 6.07) is 11.1. The van der Waals surface area contributed by atoms with E-state index in [2.05, 4.69) is 4.85 Å². The van der Waals surface area contributed by atoms with Crippen LogP contribution in [0.5, 0.6) is 0 Å². The molecular weight excluding hydrogens is 532 g/mol. The number of hydrogen-bond acceptors (Lipinski definition) is 5. The lowest BCUT2D eigenvalue weighted by atomic mass is 9.84. The standard InChI is InChI=1S/C28H8F4N4O4/c1-34-12-4-8-14(9-5-12)36-27(39)19-16-15-17(21(29)23(19)31)25(37)35(13-6-2-11(10-33)3-7-13)26(38)18(15)22(30)24(32)20(16)28(36)40/h2-9H. The van der Waals surface area contributed by atoms with Gasteiger partial charge in [-0.05, 0) is 36.4 Å². The van der Waals surface area contributed by atoms with E-state index in [0.717, 1.165) is 24.3 Å². The Balaban J connectivity index is 1.67. The second kappa shape index (κ2) is 8.31. The average molecular weight is 540 g/mol. The highest BCUT2D eigenvalue weighted by Gasteiger charge is 2.48. The highest BCUT2D eigenvalue weighted by Crippen LogP contribution is 2.44. The average Bonchev–Trinajstić information content (AvgIpc) is 2.95. The smallest absolute Gasteiger partial charge is 0.268 e. The molecular formula is C28H8F4N4O4. The Morgan fingerprint density at radius 1 is 0.600 bits per heavy atom. The number of anilines is 2. The van der Waals surface area contributed by atoms with Gasteiger partial charge in [0.1, 0.15) is 0 Å². The minimum absolute atomic E-state index is 0.109. The second-order valence-corrected chi connectivity index (χ2v) is 8.68. The van der Waals surface area contributed by atoms with Crippen LogP contribution in [0.4, 0.5) is 34.6 Å². The fourth-order valence-electron chi connectivity index (χ4n) is 4.89. The number of halogens is 4. The molecule has 4 aromatic rings. The topological polar surface area (TPSA) is 103 Å². The first kappa shape index (κ1) is 24.5. The predicted molar refractivity (Wildman–Crippen MR) is 130 cm³/mol. The highest BCUT2D eigenvalue weighted by molar-refractivity contribution is 6.42. The molecule has 2 heterocycles. The van der Waals surface area contributed by atoms with Gasteiger partial charge < -0.3 is 0 Å². The van der Waals surface area contributed by atoms with Crippen LogP contribution in [0.1, 0.15) is 47.0 Å². The maximum atomic E-state index is 15.6. The monoisotopic (exact) mass is 540 g/mol. The fourth-order valence-corrected chi connectivity index (χ4v) is 4.89. The summed E-state index contributed by atoms with van der Waals surface area (Å²) in [7, 11) is 0. The maximum Gasteiger partial charge on any atom is 0.269 e. The van der Waals surface area contributed by atoms with Crippen molar-refractivity contribution in [2.75, 3.05) is 9.80 Å². The van der Waals surface area contributed by atoms with Crippen LogP contribution in [0.15, 0.2) is 48.5 Å². The van der Waals surface area contributed by atoms with E-state index in [1.54, 1.807) is 0 Å². The molecule has 40 heavy (non-hydrogen) atoms. The van der Waals surface area contributed by atoms with Crippen LogP contribution < -0.4 is 9.80 Å². The lowest BCUT2D eigenvalue weighted by Gasteiger charge is -2.33. The third kappa shape index (κ3) is 2.98. The van der Waals surface area contributed by atoms with Crippen molar-refractivity contribution in [1.82, 2.24) is 0 Å². The molecule has 0 aromatic heterocycles. The first-order valence-corrected chi connectivity index (χ1v) is 11.2. The molecule has 6 rings (SSSR count). The van der Waals surface area contributed by atoms with Crippen molar-refractivity contribution in [2.45, 2.75) is 0 Å². The zero-order valence-electron chi connectivity index (χ0n) is 19.6. The van der Waals surface area contributed by atoms with Crippen LogP contribution in [0.2, 0.25) is 0 Å². The Labute approximate surface area is 220 Å². The van der Waals surface area contributed by atoms with Crippen LogP contribution in [0.25, 0.3) is 15.6 Å². The minimum Gasteiger partial charge on any atom is -0.268 e. The number of amides is 4. The molecule has 2 aliphatic heterocycles. The molecule has 0 saturated carbocycles. The van der Waals surface area contributed by atoms with E-state index in [9.17, 15) is 19.2 Å². The molecule has 0 atom stereocenters. The molecule has 0 radical (unpaired) electrons. The Morgan fingerprint density at radius 2 is 0.925 bits per heavy atom. The molecule has 4 amide bonds. The van der Waals surface area contributed by atoms with Gasteiger partial charge in [0.2, 0.25) is 0 Å². The lowest BCUT2D eigenvalue weighted by Crippen LogP contribution is -2.46. The Morgan fingerprint density at radius 3 is 1.23 bits per heavy atom. The van der Waals surface area contributed by atoms with Crippen molar-refractivity contribution < 1.29 is 36.7 Å². The molecule has 4 aromatic carbocycles. The molecule has 12 heteroatoms. The summed E-state index contributed by atoms with van der Waals surface area (Å²) < 4.78 is 62.3. The molecule has 0 aliphatic carbocycles. The van der Waals surface area contributed by atoms with Crippen LogP contribution in [0.3, 0.4) is 0 Å². The van der Waals surface area contributed by atoms with E-state index in [0.29, 0.717) is 0 Å². The van der Waals surface area contributed by atoms with Crippen molar-refractivity contribution in [3.8, 4) is 6.07 Å². The molecule has 0 unspecified atom stereocenters. The summed E-state index contributed by atoms with van der Waals surface area (Å²) >= 11 is 0. The summed E-state index contributed by atoms with van der Waals surface area (Å²) in [6.45, 7) is 7.02. The second-order valence-electron chi connectivity index (χ2n) is 8.68. The minimum atomic E-state index is -1.91. The van der Waals surface area contributed by atoms with E-state index in [4.69, 9.17) is 11.8 Å². The summed E-state index contributed by atoms with van der Waals surface area (Å²) in [5.74, 6) is -13.5. The van der Waals surface area contributed by atoms with Crippen molar-refractivity contribution in [2.24, 2.45) is 0 Å². The molecule has 0 saturated heterocycles. The number of benzene rings is 4. The summed E-state index contributed by atoms with van der Waals surface area (Å²) in [5, 5.41) is 7.18. The highest BCUT2D eigenvalue weighted by atomic mass is 19.2. The fraction of sp³-hybridized carbons (Fsp3) is 0. The van der Waals surface area contributed by atoms with Crippen molar-refractivity contribution >= 4 is 51.5 Å². The van der Waals surface area contributed by atoms with E-state index in [-0.39, 0.29) is 32.4 Å². The number of hydrogen-bond donors (Lipinski definition) is 0. The van der Waals surface area contributed by atoms with Gasteiger partial charge in [-0.25, -0.2) is 32.2 Å². The molecule has 8 nitrogen and oxygen atoms in total. The van der Waals surface area contributed by atoms with Gasteiger partial charge in [-0.3, -0.25) is 19.2 Å². The number of rotatable bonds is 2. The largest absolute Gasteiger partial charge is 0.269 e. The lowest BCUT2D eigenvalue weighted by molar-refractivity contribution is 0.0863. The van der Waals surface area contributed by atoms with Gasteiger partial charge in [-0.2, -0.15) is 5.26 Å². The van der Waals surface area contributed by atoms with Crippen LogP contribution >= 0.6 is 0 Å². The van der Waals surface area contributed by atoms with Gasteiger partial charge >= 0.3 is 0 Å². The molecule has 0 spiro atoms. The molecule has 192 valence electrons. The van der Waals surface area contributed by atoms with Crippen molar-refractivity contribution in [1.29, 1.82) is 5.26 Å². The van der Waals surface area contributed by atoms with Gasteiger partial charge in [0.05, 0.1) is 46.1 Å². The quantitative estimate of drug-likeness (QED) is 0.192. The SMILES string of the molecule is [C-]#[N+]c1ccc(N2C(=O)c3c(F)c(F)c4c5c(c(F)c(F)c(c35)C2=O)C(=O)N(c2ccc(C#N)cc2)C4=O)cc1. The Hall–Kier alpha value is -5.88. The zero-order chi connectivity index (χ0) is 28.6. The van der Waals surface area contributed by atoms with Gasteiger partial charge in [0.15, 0.2) is 29.0 Å². The first-order valence-electron chi connectivity index (χ1n) is 11.2. The normalized spacial score (nSPS) is 14.1. The number of nitriles is 1. The third-order valence-corrected chi connectivity index (χ3v) is 6.67. The van der Waals surface area contributed by atoms with E-state index in [1.807, 2.05) is 6.07 Å². The number of imide groups is 2. The van der Waals surface area contributed by atoms with Gasteiger partial charge in [0.25, 0.3) is 23.6 Å². The molecule has 2 aliphatic rings. The number of nitrogens with zero attached hydrogens (tertiary/aromatic N) is 4. The van der Waals surface area contributed by atoms with Gasteiger partial charge in [-0.1, -0.05) is 12.1 Å². The van der Waals surface area contributed by atoms with Crippen molar-refractivity contribution in [3.63, 3.8) is 0 Å². The molecule has 0 bridgehead atoms. The van der Waals surface area contributed by atoms with E-state index < -0.39 is 79.9 Å². The third-order valence-electron chi connectivity index (χ3n) is 6.67. The first-order chi connectivity index (χ1) is 19.1. The number of carbonyl (C=O) groups is 4. The van der Waals surface area contributed by atoms with E-state index >= 15 is 17.6 Å². The summed E-state index contributed by atoms with van der Waals surface area (Å²) in [6.07, 6.45) is 0. The van der Waals surface area contributed by atoms with Gasteiger partial charge in [0, 0.05) is 16.5 Å². The summed E-state index contributed by atoms with van der Waals surface area (Å²) in [5.41, 5.74) is -4.97. The number of carbonyl (C=O) groups excluding carboxylic acids is 4. The van der Waals surface area contributed by atoms with E-state index in [1.165, 1.54) is 24.3 Å². The summed E-state index contributed by atoms with van der Waals surface area (Å²) in [4.78, 5) is 57.3. The van der Waals surface area contributed by atoms with Gasteiger partial charge in [-0.15, -0.1) is 0 Å². The Kier molecular flexibility index (Phi) is 5.08. The van der Waals surface area contributed by atoms with Crippen LogP contribution in [-0.4, -0.2) is 23.6 Å². The van der Waals surface area contributed by atoms with Crippen molar-refractivity contribution in [3.05, 3.63) is 111 Å². The Bertz CT molecular complexity index is 1770. The molecule has 0 N–H and O–H groups in total.